The molecule has 0 amide bonds. The summed E-state index contributed by atoms with van der Waals surface area (Å²) in [6, 6.07) is 18.7. The third kappa shape index (κ3) is 5.84. The molecule has 0 aliphatic carbocycles. The van der Waals surface area contributed by atoms with Crippen molar-refractivity contribution in [2.75, 3.05) is 39.4 Å². The van der Waals surface area contributed by atoms with Gasteiger partial charge in [-0.05, 0) is 31.5 Å². The fourth-order valence-corrected chi connectivity index (χ4v) is 3.66. The first kappa shape index (κ1) is 20.4. The Balaban J connectivity index is 1.61. The van der Waals surface area contributed by atoms with Crippen LogP contribution in [0.5, 0.6) is 5.75 Å². The molecule has 1 aliphatic heterocycles. The molecular weight excluding hydrogens is 348 g/mol. The third-order valence-corrected chi connectivity index (χ3v) is 5.11. The summed E-state index contributed by atoms with van der Waals surface area (Å²) in [5, 5.41) is 9.55. The highest BCUT2D eigenvalue weighted by molar-refractivity contribution is 5.34. The number of para-hydroxylation sites is 1. The van der Waals surface area contributed by atoms with Gasteiger partial charge in [0, 0.05) is 50.0 Å². The fourth-order valence-electron chi connectivity index (χ4n) is 3.66. The maximum absolute atomic E-state index is 9.55. The van der Waals surface area contributed by atoms with Crippen molar-refractivity contribution in [3.63, 3.8) is 0 Å². The summed E-state index contributed by atoms with van der Waals surface area (Å²) in [5.41, 5.74) is 2.27. The number of hydrogen-bond donors (Lipinski definition) is 1. The Morgan fingerprint density at radius 2 is 1.86 bits per heavy atom. The summed E-state index contributed by atoms with van der Waals surface area (Å²) in [6.45, 7) is 7.40. The Morgan fingerprint density at radius 3 is 2.64 bits per heavy atom. The van der Waals surface area contributed by atoms with Crippen molar-refractivity contribution in [1.82, 2.24) is 9.80 Å². The largest absolute Gasteiger partial charge is 0.494 e. The maximum atomic E-state index is 9.55. The molecule has 148 valence electrons. The van der Waals surface area contributed by atoms with Crippen molar-refractivity contribution in [1.29, 1.82) is 0 Å². The van der Waals surface area contributed by atoms with Crippen LogP contribution in [0.3, 0.4) is 0 Å². The number of aliphatic hydroxyl groups is 1. The molecular formula is C24H30N2O2. The van der Waals surface area contributed by atoms with Crippen LogP contribution in [0.2, 0.25) is 0 Å². The molecule has 1 fully saturated rings. The lowest BCUT2D eigenvalue weighted by Gasteiger charge is -2.41. The van der Waals surface area contributed by atoms with E-state index >= 15 is 0 Å². The van der Waals surface area contributed by atoms with Crippen molar-refractivity contribution < 1.29 is 9.84 Å². The van der Waals surface area contributed by atoms with Gasteiger partial charge in [0.2, 0.25) is 0 Å². The number of hydrogen-bond acceptors (Lipinski definition) is 4. The van der Waals surface area contributed by atoms with Gasteiger partial charge in [0.1, 0.15) is 5.75 Å². The minimum Gasteiger partial charge on any atom is -0.494 e. The van der Waals surface area contributed by atoms with Crippen LogP contribution in [-0.4, -0.2) is 60.3 Å². The van der Waals surface area contributed by atoms with E-state index in [1.807, 2.05) is 49.4 Å². The molecule has 4 heteroatoms. The molecule has 28 heavy (non-hydrogen) atoms. The maximum Gasteiger partial charge on any atom is 0.123 e. The topological polar surface area (TPSA) is 35.9 Å². The lowest BCUT2D eigenvalue weighted by molar-refractivity contribution is 0.0599. The predicted octanol–water partition coefficient (Wildman–Crippen LogP) is 3.01. The monoisotopic (exact) mass is 378 g/mol. The van der Waals surface area contributed by atoms with E-state index in [2.05, 4.69) is 33.8 Å². The number of rotatable bonds is 7. The Labute approximate surface area is 168 Å². The molecule has 1 heterocycles. The summed E-state index contributed by atoms with van der Waals surface area (Å²) < 4.78 is 5.79. The summed E-state index contributed by atoms with van der Waals surface area (Å²) >= 11 is 0. The smallest absolute Gasteiger partial charge is 0.123 e. The number of aliphatic hydroxyl groups excluding tert-OH is 1. The van der Waals surface area contributed by atoms with Crippen LogP contribution < -0.4 is 4.74 Å². The predicted molar refractivity (Wildman–Crippen MR) is 113 cm³/mol. The van der Waals surface area contributed by atoms with Crippen molar-refractivity contribution >= 4 is 0 Å². The SMILES string of the molecule is CCOc1ccccc1CN1CCN(CC#Cc2ccccc2)CC1CCO. The highest BCUT2D eigenvalue weighted by atomic mass is 16.5. The summed E-state index contributed by atoms with van der Waals surface area (Å²) in [5.74, 6) is 7.50. The van der Waals surface area contributed by atoms with Gasteiger partial charge in [-0.1, -0.05) is 48.2 Å². The summed E-state index contributed by atoms with van der Waals surface area (Å²) in [6.07, 6.45) is 0.777. The average Bonchev–Trinajstić information content (AvgIpc) is 2.72. The van der Waals surface area contributed by atoms with Crippen molar-refractivity contribution in [2.24, 2.45) is 0 Å². The summed E-state index contributed by atoms with van der Waals surface area (Å²) in [4.78, 5) is 4.86. The average molecular weight is 379 g/mol. The lowest BCUT2D eigenvalue weighted by atomic mass is 10.1. The van der Waals surface area contributed by atoms with E-state index in [1.54, 1.807) is 0 Å². The van der Waals surface area contributed by atoms with E-state index in [0.717, 1.165) is 50.5 Å². The highest BCUT2D eigenvalue weighted by Gasteiger charge is 2.26. The second-order valence-corrected chi connectivity index (χ2v) is 7.08. The zero-order valence-electron chi connectivity index (χ0n) is 16.7. The molecule has 1 unspecified atom stereocenters. The van der Waals surface area contributed by atoms with Gasteiger partial charge in [-0.3, -0.25) is 9.80 Å². The van der Waals surface area contributed by atoms with Gasteiger partial charge in [0.15, 0.2) is 0 Å². The van der Waals surface area contributed by atoms with Gasteiger partial charge in [-0.25, -0.2) is 0 Å². The van der Waals surface area contributed by atoms with Gasteiger partial charge < -0.3 is 9.84 Å². The molecule has 1 N–H and O–H groups in total. The molecule has 2 aromatic carbocycles. The normalized spacial score (nSPS) is 17.7. The van der Waals surface area contributed by atoms with Crippen LogP contribution in [0.4, 0.5) is 0 Å². The van der Waals surface area contributed by atoms with E-state index in [-0.39, 0.29) is 6.61 Å². The molecule has 0 spiro atoms. The molecule has 1 atom stereocenters. The quantitative estimate of drug-likeness (QED) is 0.752. The molecule has 1 aliphatic rings. The molecule has 3 rings (SSSR count). The second kappa shape index (κ2) is 10.9. The van der Waals surface area contributed by atoms with Crippen molar-refractivity contribution in [3.8, 4) is 17.6 Å². The minimum absolute atomic E-state index is 0.206. The van der Waals surface area contributed by atoms with Gasteiger partial charge >= 0.3 is 0 Å². The summed E-state index contributed by atoms with van der Waals surface area (Å²) in [7, 11) is 0. The second-order valence-electron chi connectivity index (χ2n) is 7.08. The molecule has 0 saturated carbocycles. The highest BCUT2D eigenvalue weighted by Crippen LogP contribution is 2.23. The number of nitrogens with zero attached hydrogens (tertiary/aromatic N) is 2. The third-order valence-electron chi connectivity index (χ3n) is 5.11. The molecule has 0 radical (unpaired) electrons. The van der Waals surface area contributed by atoms with Crippen LogP contribution in [0, 0.1) is 11.8 Å². The van der Waals surface area contributed by atoms with Crippen LogP contribution >= 0.6 is 0 Å². The molecule has 1 saturated heterocycles. The molecule has 0 bridgehead atoms. The lowest BCUT2D eigenvalue weighted by Crippen LogP contribution is -2.53. The van der Waals surface area contributed by atoms with E-state index in [4.69, 9.17) is 4.74 Å². The Hall–Kier alpha value is -2.32. The van der Waals surface area contributed by atoms with Crippen LogP contribution in [0.15, 0.2) is 54.6 Å². The van der Waals surface area contributed by atoms with E-state index in [0.29, 0.717) is 12.6 Å². The first-order valence-corrected chi connectivity index (χ1v) is 10.1. The fraction of sp³-hybridized carbons (Fsp3) is 0.417. The van der Waals surface area contributed by atoms with E-state index < -0.39 is 0 Å². The van der Waals surface area contributed by atoms with Gasteiger partial charge in [-0.15, -0.1) is 0 Å². The number of piperazine rings is 1. The Kier molecular flexibility index (Phi) is 7.93. The standard InChI is InChI=1S/C24H30N2O2/c1-2-28-24-13-7-6-12-22(24)19-26-17-16-25(20-23(26)14-18-27)15-8-11-21-9-4-3-5-10-21/h3-7,9-10,12-13,23,27H,2,14-20H2,1H3. The number of ether oxygens (including phenoxy) is 1. The zero-order chi connectivity index (χ0) is 19.6. The van der Waals surface area contributed by atoms with Gasteiger partial charge in [0.25, 0.3) is 0 Å². The van der Waals surface area contributed by atoms with Crippen LogP contribution in [0.25, 0.3) is 0 Å². The molecule has 2 aromatic rings. The Morgan fingerprint density at radius 1 is 1.07 bits per heavy atom. The first-order chi connectivity index (χ1) is 13.8. The molecule has 0 aromatic heterocycles. The van der Waals surface area contributed by atoms with Crippen LogP contribution in [0.1, 0.15) is 24.5 Å². The Bertz CT molecular complexity index is 782. The van der Waals surface area contributed by atoms with E-state index in [9.17, 15) is 5.11 Å². The first-order valence-electron chi connectivity index (χ1n) is 10.1. The van der Waals surface area contributed by atoms with Gasteiger partial charge in [-0.2, -0.15) is 0 Å². The molecule has 4 nitrogen and oxygen atoms in total. The van der Waals surface area contributed by atoms with Crippen molar-refractivity contribution in [2.45, 2.75) is 25.9 Å². The van der Waals surface area contributed by atoms with Crippen molar-refractivity contribution in [3.05, 3.63) is 65.7 Å². The number of benzene rings is 2. The van der Waals surface area contributed by atoms with Gasteiger partial charge in [0.05, 0.1) is 13.2 Å². The zero-order valence-corrected chi connectivity index (χ0v) is 16.7. The van der Waals surface area contributed by atoms with E-state index in [1.165, 1.54) is 5.56 Å². The minimum atomic E-state index is 0.206. The van der Waals surface area contributed by atoms with Crippen LogP contribution in [-0.2, 0) is 6.54 Å².